The van der Waals surface area contributed by atoms with E-state index in [1.165, 1.54) is 6.42 Å². The van der Waals surface area contributed by atoms with Crippen LogP contribution >= 0.6 is 0 Å². The number of anilines is 1. The molecule has 2 heterocycles. The van der Waals surface area contributed by atoms with E-state index in [1.54, 1.807) is 0 Å². The average Bonchev–Trinajstić information content (AvgIpc) is 3.07. The molecule has 1 atom stereocenters. The predicted octanol–water partition coefficient (Wildman–Crippen LogP) is 3.31. The number of nitrogens with one attached hydrogen (secondary N) is 2. The summed E-state index contributed by atoms with van der Waals surface area (Å²) in [5.74, 6) is 0.681. The van der Waals surface area contributed by atoms with Gasteiger partial charge >= 0.3 is 0 Å². The second-order valence-electron chi connectivity index (χ2n) is 6.15. The summed E-state index contributed by atoms with van der Waals surface area (Å²) in [5, 5.41) is 16.1. The molecule has 1 fully saturated rings. The number of hydrogen-bond donors (Lipinski definition) is 2. The third kappa shape index (κ3) is 2.71. The highest BCUT2D eigenvalue weighted by molar-refractivity contribution is 6.03. The Morgan fingerprint density at radius 3 is 2.96 bits per heavy atom. The van der Waals surface area contributed by atoms with Crippen molar-refractivity contribution in [1.82, 2.24) is 5.32 Å². The number of aliphatic imine (C=N–C) groups is 1. The Bertz CT molecular complexity index is 811. The molecule has 2 N–H and O–H groups in total. The fourth-order valence-electron chi connectivity index (χ4n) is 3.18. The molecule has 23 heavy (non-hydrogen) atoms. The molecule has 0 spiro atoms. The largest absolute Gasteiger partial charge is 0.383 e. The SMILES string of the molecule is N#Cc1cccc(-c2cc3c(c(NCC4CCNC4)c2)N=C3)c1. The Labute approximate surface area is 135 Å². The molecule has 2 aromatic rings. The zero-order chi connectivity index (χ0) is 15.6. The minimum atomic E-state index is 0.681. The summed E-state index contributed by atoms with van der Waals surface area (Å²) < 4.78 is 0. The lowest BCUT2D eigenvalue weighted by Gasteiger charge is -2.20. The summed E-state index contributed by atoms with van der Waals surface area (Å²) in [4.78, 5) is 4.39. The average molecular weight is 302 g/mol. The molecule has 4 rings (SSSR count). The molecule has 2 aromatic carbocycles. The highest BCUT2D eigenvalue weighted by atomic mass is 15.0. The van der Waals surface area contributed by atoms with Gasteiger partial charge in [-0.1, -0.05) is 12.1 Å². The molecule has 0 aromatic heterocycles. The van der Waals surface area contributed by atoms with E-state index in [2.05, 4.69) is 33.8 Å². The molecule has 1 saturated heterocycles. The van der Waals surface area contributed by atoms with Crippen LogP contribution in [0.4, 0.5) is 11.4 Å². The summed E-state index contributed by atoms with van der Waals surface area (Å²) in [7, 11) is 0. The maximum absolute atomic E-state index is 9.09. The molecule has 0 bridgehead atoms. The predicted molar refractivity (Wildman–Crippen MR) is 93.3 cm³/mol. The number of hydrogen-bond acceptors (Lipinski definition) is 4. The van der Waals surface area contributed by atoms with Crippen molar-refractivity contribution in [2.45, 2.75) is 6.42 Å². The first-order valence-corrected chi connectivity index (χ1v) is 8.01. The van der Waals surface area contributed by atoms with Crippen LogP contribution in [0.25, 0.3) is 11.1 Å². The number of nitrogens with zero attached hydrogens (tertiary/aromatic N) is 2. The van der Waals surface area contributed by atoms with Crippen molar-refractivity contribution in [3.05, 3.63) is 47.5 Å². The maximum atomic E-state index is 9.09. The monoisotopic (exact) mass is 302 g/mol. The van der Waals surface area contributed by atoms with Crippen molar-refractivity contribution in [3.8, 4) is 17.2 Å². The molecule has 0 radical (unpaired) electrons. The van der Waals surface area contributed by atoms with Crippen molar-refractivity contribution in [3.63, 3.8) is 0 Å². The van der Waals surface area contributed by atoms with E-state index in [-0.39, 0.29) is 0 Å². The molecule has 2 aliphatic rings. The van der Waals surface area contributed by atoms with Crippen LogP contribution in [0.15, 0.2) is 41.4 Å². The summed E-state index contributed by atoms with van der Waals surface area (Å²) in [6.07, 6.45) is 3.12. The summed E-state index contributed by atoms with van der Waals surface area (Å²) in [6, 6.07) is 14.2. The van der Waals surface area contributed by atoms with Crippen molar-refractivity contribution in [2.75, 3.05) is 25.0 Å². The Morgan fingerprint density at radius 2 is 2.22 bits per heavy atom. The van der Waals surface area contributed by atoms with Gasteiger partial charge in [0.1, 0.15) is 0 Å². The molecule has 4 heteroatoms. The topological polar surface area (TPSA) is 60.2 Å². The molecule has 0 aliphatic carbocycles. The number of fused-ring (bicyclic) bond motifs is 1. The van der Waals surface area contributed by atoms with Gasteiger partial charge in [-0.3, -0.25) is 4.99 Å². The van der Waals surface area contributed by atoms with Crippen LogP contribution in [0.3, 0.4) is 0 Å². The van der Waals surface area contributed by atoms with Crippen molar-refractivity contribution >= 4 is 17.6 Å². The third-order valence-electron chi connectivity index (χ3n) is 4.54. The highest BCUT2D eigenvalue weighted by Crippen LogP contribution is 2.38. The fourth-order valence-corrected chi connectivity index (χ4v) is 3.18. The van der Waals surface area contributed by atoms with Crippen molar-refractivity contribution in [2.24, 2.45) is 10.9 Å². The normalized spacial score (nSPS) is 18.1. The van der Waals surface area contributed by atoms with Gasteiger partial charge in [0.25, 0.3) is 0 Å². The van der Waals surface area contributed by atoms with E-state index in [4.69, 9.17) is 5.26 Å². The standard InChI is InChI=1S/C19H18N4/c20-9-13-2-1-3-15(6-13)16-7-17-12-23-19(17)18(8-16)22-11-14-4-5-21-10-14/h1-3,6-8,12,14,21-22H,4-5,10-11H2. The van der Waals surface area contributed by atoms with E-state index in [9.17, 15) is 0 Å². The summed E-state index contributed by atoms with van der Waals surface area (Å²) >= 11 is 0. The lowest BCUT2D eigenvalue weighted by molar-refractivity contribution is 0.615. The third-order valence-corrected chi connectivity index (χ3v) is 4.54. The van der Waals surface area contributed by atoms with E-state index in [0.29, 0.717) is 11.5 Å². The smallest absolute Gasteiger partial charge is 0.0991 e. The van der Waals surface area contributed by atoms with Gasteiger partial charge in [-0.15, -0.1) is 0 Å². The first kappa shape index (κ1) is 14.0. The van der Waals surface area contributed by atoms with Crippen LogP contribution in [0.1, 0.15) is 17.5 Å². The maximum Gasteiger partial charge on any atom is 0.0991 e. The summed E-state index contributed by atoms with van der Waals surface area (Å²) in [6.45, 7) is 3.17. The van der Waals surface area contributed by atoms with Gasteiger partial charge in [-0.05, 0) is 60.8 Å². The van der Waals surface area contributed by atoms with Crippen LogP contribution < -0.4 is 10.6 Å². The van der Waals surface area contributed by atoms with Gasteiger partial charge in [0.05, 0.1) is 23.0 Å². The zero-order valence-corrected chi connectivity index (χ0v) is 12.8. The van der Waals surface area contributed by atoms with Crippen LogP contribution in [0, 0.1) is 17.2 Å². The van der Waals surface area contributed by atoms with Crippen LogP contribution in [-0.2, 0) is 0 Å². The van der Waals surface area contributed by atoms with Crippen molar-refractivity contribution < 1.29 is 0 Å². The zero-order valence-electron chi connectivity index (χ0n) is 12.8. The van der Waals surface area contributed by atoms with Gasteiger partial charge in [-0.25, -0.2) is 0 Å². The van der Waals surface area contributed by atoms with Crippen molar-refractivity contribution in [1.29, 1.82) is 5.26 Å². The minimum absolute atomic E-state index is 0.681. The molecule has 1 unspecified atom stereocenters. The molecule has 0 saturated carbocycles. The van der Waals surface area contributed by atoms with Crippen LogP contribution in [-0.4, -0.2) is 25.8 Å². The van der Waals surface area contributed by atoms with Gasteiger partial charge in [0.15, 0.2) is 0 Å². The lowest BCUT2D eigenvalue weighted by Crippen LogP contribution is -2.17. The fraction of sp³-hybridized carbons (Fsp3) is 0.263. The van der Waals surface area contributed by atoms with Crippen LogP contribution in [0.2, 0.25) is 0 Å². The van der Waals surface area contributed by atoms with E-state index in [0.717, 1.165) is 47.7 Å². The first-order chi connectivity index (χ1) is 11.3. The molecule has 0 amide bonds. The van der Waals surface area contributed by atoms with Crippen LogP contribution in [0.5, 0.6) is 0 Å². The van der Waals surface area contributed by atoms with Gasteiger partial charge in [0, 0.05) is 18.3 Å². The van der Waals surface area contributed by atoms with E-state index >= 15 is 0 Å². The van der Waals surface area contributed by atoms with Gasteiger partial charge < -0.3 is 10.6 Å². The lowest BCUT2D eigenvalue weighted by atomic mass is 9.97. The quantitative estimate of drug-likeness (QED) is 0.777. The van der Waals surface area contributed by atoms with Gasteiger partial charge in [-0.2, -0.15) is 5.26 Å². The Balaban J connectivity index is 1.62. The number of nitriles is 1. The van der Waals surface area contributed by atoms with E-state index < -0.39 is 0 Å². The second kappa shape index (κ2) is 5.86. The Kier molecular flexibility index (Phi) is 3.57. The highest BCUT2D eigenvalue weighted by Gasteiger charge is 2.18. The molecular formula is C19H18N4. The molecular weight excluding hydrogens is 284 g/mol. The number of benzene rings is 2. The van der Waals surface area contributed by atoms with Gasteiger partial charge in [0.2, 0.25) is 0 Å². The number of rotatable bonds is 4. The van der Waals surface area contributed by atoms with E-state index in [1.807, 2.05) is 30.5 Å². The Hall–Kier alpha value is -2.64. The Morgan fingerprint density at radius 1 is 1.26 bits per heavy atom. The molecule has 4 nitrogen and oxygen atoms in total. The second-order valence-corrected chi connectivity index (χ2v) is 6.15. The minimum Gasteiger partial charge on any atom is -0.383 e. The molecule has 2 aliphatic heterocycles. The summed E-state index contributed by atoms with van der Waals surface area (Å²) in [5.41, 5.74) is 6.18. The first-order valence-electron chi connectivity index (χ1n) is 8.01. The molecule has 114 valence electrons.